The molecule has 0 saturated carbocycles. The highest BCUT2D eigenvalue weighted by Gasteiger charge is 2.18. The molecule has 0 spiro atoms. The molecular weight excluding hydrogens is 398 g/mol. The zero-order chi connectivity index (χ0) is 18.4. The van der Waals surface area contributed by atoms with Crippen molar-refractivity contribution in [2.24, 2.45) is 0 Å². The number of hydrogen-bond acceptors (Lipinski definition) is 7. The highest BCUT2D eigenvalue weighted by atomic mass is 32.2. The Morgan fingerprint density at radius 3 is 2.73 bits per heavy atom. The molecule has 0 saturated heterocycles. The molecule has 0 aliphatic rings. The van der Waals surface area contributed by atoms with Crippen LogP contribution >= 0.6 is 34.9 Å². The lowest BCUT2D eigenvalue weighted by molar-refractivity contribution is 0.102. The Balaban J connectivity index is 1.63. The molecule has 3 aromatic rings. The minimum Gasteiger partial charge on any atom is -0.296 e. The van der Waals surface area contributed by atoms with E-state index in [0.29, 0.717) is 9.47 Å². The second-order valence-electron chi connectivity index (χ2n) is 4.84. The Bertz CT molecular complexity index is 877. The van der Waals surface area contributed by atoms with Gasteiger partial charge in [0.1, 0.15) is 5.03 Å². The van der Waals surface area contributed by atoms with Gasteiger partial charge >= 0.3 is 0 Å². The van der Waals surface area contributed by atoms with Crippen molar-refractivity contribution < 1.29 is 13.6 Å². The normalized spacial score (nSPS) is 10.9. The summed E-state index contributed by atoms with van der Waals surface area (Å²) in [7, 11) is 0. The van der Waals surface area contributed by atoms with Crippen LogP contribution in [0.2, 0.25) is 0 Å². The minimum atomic E-state index is -2.65. The number of carbonyl (C=O) groups excluding carboxylic acids is 1. The number of hydrogen-bond donors (Lipinski definition) is 1. The van der Waals surface area contributed by atoms with Gasteiger partial charge in [-0.1, -0.05) is 53.4 Å². The van der Waals surface area contributed by atoms with Gasteiger partial charge in [0.05, 0.1) is 5.56 Å². The molecule has 0 radical (unpaired) electrons. The fraction of sp³-hybridized carbons (Fsp3) is 0.125. The number of alkyl halides is 2. The predicted octanol–water partition coefficient (Wildman–Crippen LogP) is 4.79. The highest BCUT2D eigenvalue weighted by molar-refractivity contribution is 8.00. The number of aromatic nitrogens is 3. The van der Waals surface area contributed by atoms with Crippen molar-refractivity contribution in [3.63, 3.8) is 0 Å². The second-order valence-corrected chi connectivity index (χ2v) is 8.01. The number of anilines is 1. The quantitative estimate of drug-likeness (QED) is 0.446. The van der Waals surface area contributed by atoms with Gasteiger partial charge in [0, 0.05) is 11.9 Å². The molecule has 26 heavy (non-hydrogen) atoms. The van der Waals surface area contributed by atoms with Crippen LogP contribution in [0.15, 0.2) is 58.0 Å². The number of nitrogens with one attached hydrogen (secondary N) is 1. The molecule has 10 heteroatoms. The van der Waals surface area contributed by atoms with Crippen LogP contribution in [0, 0.1) is 0 Å². The first-order valence-electron chi connectivity index (χ1n) is 7.33. The molecule has 3 rings (SSSR count). The Morgan fingerprint density at radius 1 is 1.15 bits per heavy atom. The van der Waals surface area contributed by atoms with Crippen LogP contribution in [0.25, 0.3) is 0 Å². The van der Waals surface area contributed by atoms with E-state index in [0.717, 1.165) is 11.3 Å². The SMILES string of the molecule is O=C(Nc1nnc(SCc2ccccc2)s1)c1cccnc1SC(F)F. The van der Waals surface area contributed by atoms with Crippen LogP contribution in [-0.2, 0) is 5.75 Å². The Hall–Kier alpha value is -2.04. The zero-order valence-corrected chi connectivity index (χ0v) is 15.6. The van der Waals surface area contributed by atoms with Gasteiger partial charge in [-0.3, -0.25) is 10.1 Å². The summed E-state index contributed by atoms with van der Waals surface area (Å²) in [5, 5.41) is 10.8. The molecule has 0 atom stereocenters. The lowest BCUT2D eigenvalue weighted by Gasteiger charge is -2.06. The van der Waals surface area contributed by atoms with Crippen LogP contribution in [0.4, 0.5) is 13.9 Å². The Morgan fingerprint density at radius 2 is 1.96 bits per heavy atom. The first-order valence-corrected chi connectivity index (χ1v) is 10.0. The summed E-state index contributed by atoms with van der Waals surface area (Å²) in [6.45, 7) is 0. The molecule has 0 aliphatic heterocycles. The number of rotatable bonds is 7. The van der Waals surface area contributed by atoms with Crippen LogP contribution in [-0.4, -0.2) is 26.8 Å². The number of nitrogens with zero attached hydrogens (tertiary/aromatic N) is 3. The van der Waals surface area contributed by atoms with Crippen molar-refractivity contribution in [2.75, 3.05) is 5.32 Å². The van der Waals surface area contributed by atoms with Crippen LogP contribution in [0.3, 0.4) is 0 Å². The van der Waals surface area contributed by atoms with Gasteiger partial charge in [-0.25, -0.2) is 4.98 Å². The standard InChI is InChI=1S/C16H12F2N4OS3/c17-14(18)25-13-11(7-4-8-19-13)12(23)20-15-21-22-16(26-15)24-9-10-5-2-1-3-6-10/h1-8,14H,9H2,(H,20,21,23). The monoisotopic (exact) mass is 410 g/mol. The zero-order valence-electron chi connectivity index (χ0n) is 13.1. The molecule has 0 bridgehead atoms. The van der Waals surface area contributed by atoms with Crippen molar-refractivity contribution in [2.45, 2.75) is 20.9 Å². The first kappa shape index (κ1) is 18.7. The van der Waals surface area contributed by atoms with E-state index >= 15 is 0 Å². The highest BCUT2D eigenvalue weighted by Crippen LogP contribution is 2.30. The summed E-state index contributed by atoms with van der Waals surface area (Å²) in [4.78, 5) is 16.2. The summed E-state index contributed by atoms with van der Waals surface area (Å²) in [5.41, 5.74) is 1.23. The van der Waals surface area contributed by atoms with Gasteiger partial charge in [0.15, 0.2) is 4.34 Å². The Labute approximate surface area is 160 Å². The number of benzene rings is 1. The average molecular weight is 410 g/mol. The minimum absolute atomic E-state index is 0.0248. The fourth-order valence-corrected chi connectivity index (χ4v) is 4.23. The van der Waals surface area contributed by atoms with Gasteiger partial charge in [0.25, 0.3) is 11.7 Å². The number of amides is 1. The summed E-state index contributed by atoms with van der Waals surface area (Å²) in [5.74, 6) is -2.46. The lowest BCUT2D eigenvalue weighted by Crippen LogP contribution is -2.13. The molecular formula is C16H12F2N4OS3. The topological polar surface area (TPSA) is 67.8 Å². The molecule has 0 fully saturated rings. The number of carbonyl (C=O) groups is 1. The number of halogens is 2. The van der Waals surface area contributed by atoms with Crippen LogP contribution in [0.1, 0.15) is 15.9 Å². The van der Waals surface area contributed by atoms with E-state index in [1.807, 2.05) is 30.3 Å². The molecule has 1 N–H and O–H groups in total. The largest absolute Gasteiger partial charge is 0.296 e. The second kappa shape index (κ2) is 9.06. The summed E-state index contributed by atoms with van der Waals surface area (Å²) in [6, 6.07) is 12.9. The van der Waals surface area contributed by atoms with E-state index < -0.39 is 11.7 Å². The van der Waals surface area contributed by atoms with Crippen molar-refractivity contribution >= 4 is 45.9 Å². The van der Waals surface area contributed by atoms with E-state index in [1.54, 1.807) is 0 Å². The van der Waals surface area contributed by atoms with E-state index in [1.165, 1.54) is 41.4 Å². The van der Waals surface area contributed by atoms with E-state index in [-0.39, 0.29) is 22.4 Å². The third-order valence-corrected chi connectivity index (χ3v) is 5.82. The van der Waals surface area contributed by atoms with Gasteiger partial charge in [0.2, 0.25) is 5.13 Å². The summed E-state index contributed by atoms with van der Waals surface area (Å²) in [6.07, 6.45) is 1.37. The molecule has 5 nitrogen and oxygen atoms in total. The average Bonchev–Trinajstić information content (AvgIpc) is 3.08. The smallest absolute Gasteiger partial charge is 0.290 e. The van der Waals surface area contributed by atoms with E-state index in [4.69, 9.17) is 0 Å². The van der Waals surface area contributed by atoms with Crippen molar-refractivity contribution in [1.29, 1.82) is 0 Å². The molecule has 2 aromatic heterocycles. The van der Waals surface area contributed by atoms with Crippen molar-refractivity contribution in [3.05, 3.63) is 59.8 Å². The third-order valence-electron chi connectivity index (χ3n) is 3.05. The molecule has 134 valence electrons. The maximum atomic E-state index is 12.6. The molecule has 1 amide bonds. The summed E-state index contributed by atoms with van der Waals surface area (Å²) < 4.78 is 25.9. The van der Waals surface area contributed by atoms with E-state index in [9.17, 15) is 13.6 Å². The van der Waals surface area contributed by atoms with Gasteiger partial charge in [-0.15, -0.1) is 10.2 Å². The van der Waals surface area contributed by atoms with Crippen molar-refractivity contribution in [3.8, 4) is 0 Å². The number of pyridine rings is 1. The lowest BCUT2D eigenvalue weighted by atomic mass is 10.2. The molecule has 0 unspecified atom stereocenters. The summed E-state index contributed by atoms with van der Waals surface area (Å²) >= 11 is 2.97. The van der Waals surface area contributed by atoms with Gasteiger partial charge < -0.3 is 0 Å². The fourth-order valence-electron chi connectivity index (χ4n) is 1.94. The molecule has 0 aliphatic carbocycles. The van der Waals surface area contributed by atoms with Gasteiger partial charge in [-0.05, 0) is 29.5 Å². The van der Waals surface area contributed by atoms with Gasteiger partial charge in [-0.2, -0.15) is 8.78 Å². The van der Waals surface area contributed by atoms with Crippen molar-refractivity contribution in [1.82, 2.24) is 15.2 Å². The maximum absolute atomic E-state index is 12.6. The first-order chi connectivity index (χ1) is 12.6. The molecule has 2 heterocycles. The van der Waals surface area contributed by atoms with E-state index in [2.05, 4.69) is 20.5 Å². The Kier molecular flexibility index (Phi) is 6.53. The molecule has 1 aromatic carbocycles. The third kappa shape index (κ3) is 5.23. The maximum Gasteiger partial charge on any atom is 0.290 e. The van der Waals surface area contributed by atoms with Crippen LogP contribution < -0.4 is 5.32 Å². The number of thioether (sulfide) groups is 2. The van der Waals surface area contributed by atoms with Crippen LogP contribution in [0.5, 0.6) is 0 Å². The predicted molar refractivity (Wildman–Crippen MR) is 100.0 cm³/mol.